The summed E-state index contributed by atoms with van der Waals surface area (Å²) in [6, 6.07) is 13.2. The van der Waals surface area contributed by atoms with Gasteiger partial charge < -0.3 is 30.5 Å². The number of esters is 1. The third-order valence-electron chi connectivity index (χ3n) is 7.13. The molecule has 242 valence electrons. The Morgan fingerprint density at radius 3 is 2.53 bits per heavy atom. The Kier molecular flexibility index (Phi) is 12.0. The zero-order valence-corrected chi connectivity index (χ0v) is 26.5. The van der Waals surface area contributed by atoms with E-state index in [-0.39, 0.29) is 6.61 Å². The Morgan fingerprint density at radius 1 is 1.04 bits per heavy atom. The monoisotopic (exact) mass is 620 g/mol. The number of aromatic nitrogens is 3. The number of pyridine rings is 1. The van der Waals surface area contributed by atoms with Gasteiger partial charge in [0.1, 0.15) is 17.5 Å². The van der Waals surface area contributed by atoms with Crippen molar-refractivity contribution in [2.75, 3.05) is 63.6 Å². The summed E-state index contributed by atoms with van der Waals surface area (Å²) in [6.07, 6.45) is 3.79. The van der Waals surface area contributed by atoms with Crippen molar-refractivity contribution in [1.29, 1.82) is 0 Å². The smallest absolute Gasteiger partial charge is 0.407 e. The number of aliphatic hydroxyl groups is 1. The molecule has 13 heteroatoms. The van der Waals surface area contributed by atoms with Crippen LogP contribution in [0.3, 0.4) is 0 Å². The van der Waals surface area contributed by atoms with E-state index in [1.165, 1.54) is 7.11 Å². The number of methoxy groups -OCH3 is 1. The second-order valence-corrected chi connectivity index (χ2v) is 11.8. The molecule has 0 bridgehead atoms. The number of anilines is 3. The molecule has 0 spiro atoms. The summed E-state index contributed by atoms with van der Waals surface area (Å²) in [5.41, 5.74) is 3.12. The average molecular weight is 621 g/mol. The average Bonchev–Trinajstić information content (AvgIpc) is 3.02. The lowest BCUT2D eigenvalue weighted by atomic mass is 10.1. The normalized spacial score (nSPS) is 14.8. The largest absolute Gasteiger partial charge is 0.468 e. The summed E-state index contributed by atoms with van der Waals surface area (Å²) in [4.78, 5) is 41.6. The number of nitrogens with one attached hydrogen (secondary N) is 3. The van der Waals surface area contributed by atoms with Gasteiger partial charge in [0.25, 0.3) is 0 Å². The SMILES string of the molecule is COC(=O)C(CO)N1CCN(Cc2cccc(Nc3nccc(-c4ccc(NCCCNC(=O)OC(C)(C)C)nc4)n3)c2)CC1. The van der Waals surface area contributed by atoms with Crippen LogP contribution in [0.4, 0.5) is 22.2 Å². The number of hydrogen-bond acceptors (Lipinski definition) is 12. The maximum atomic E-state index is 11.9. The van der Waals surface area contributed by atoms with Crippen LogP contribution in [-0.4, -0.2) is 107 Å². The second-order valence-electron chi connectivity index (χ2n) is 11.8. The molecular weight excluding hydrogens is 576 g/mol. The highest BCUT2D eigenvalue weighted by atomic mass is 16.6. The first-order valence-electron chi connectivity index (χ1n) is 15.1. The van der Waals surface area contributed by atoms with E-state index in [0.717, 1.165) is 54.4 Å². The number of hydrogen-bond donors (Lipinski definition) is 4. The van der Waals surface area contributed by atoms with E-state index in [2.05, 4.69) is 47.9 Å². The molecule has 1 aromatic carbocycles. The van der Waals surface area contributed by atoms with E-state index < -0.39 is 23.7 Å². The van der Waals surface area contributed by atoms with Crippen molar-refractivity contribution in [3.05, 3.63) is 60.4 Å². The Morgan fingerprint density at radius 2 is 1.84 bits per heavy atom. The topological polar surface area (TPSA) is 154 Å². The molecule has 0 radical (unpaired) electrons. The first kappa shape index (κ1) is 33.6. The minimum Gasteiger partial charge on any atom is -0.468 e. The van der Waals surface area contributed by atoms with Crippen LogP contribution in [0, 0.1) is 0 Å². The lowest BCUT2D eigenvalue weighted by Crippen LogP contribution is -2.53. The summed E-state index contributed by atoms with van der Waals surface area (Å²) < 4.78 is 10.1. The van der Waals surface area contributed by atoms with Gasteiger partial charge in [-0.1, -0.05) is 12.1 Å². The molecule has 1 aliphatic heterocycles. The maximum Gasteiger partial charge on any atom is 0.407 e. The molecule has 45 heavy (non-hydrogen) atoms. The van der Waals surface area contributed by atoms with Gasteiger partial charge in [-0.05, 0) is 63.1 Å². The van der Waals surface area contributed by atoms with E-state index in [9.17, 15) is 14.7 Å². The van der Waals surface area contributed by atoms with Gasteiger partial charge in [0, 0.05) is 69.5 Å². The van der Waals surface area contributed by atoms with E-state index in [1.807, 2.05) is 56.0 Å². The third kappa shape index (κ3) is 10.7. The lowest BCUT2D eigenvalue weighted by Gasteiger charge is -2.37. The Balaban J connectivity index is 1.25. The van der Waals surface area contributed by atoms with Crippen LogP contribution < -0.4 is 16.0 Å². The summed E-state index contributed by atoms with van der Waals surface area (Å²) in [5.74, 6) is 0.814. The first-order valence-corrected chi connectivity index (χ1v) is 15.1. The number of carbonyl (C=O) groups is 2. The molecule has 1 atom stereocenters. The quantitative estimate of drug-likeness (QED) is 0.164. The molecule has 1 aliphatic rings. The lowest BCUT2D eigenvalue weighted by molar-refractivity contribution is -0.149. The Hall–Kier alpha value is -4.33. The number of benzene rings is 1. The molecule has 2 aromatic heterocycles. The van der Waals surface area contributed by atoms with Crippen LogP contribution in [0.2, 0.25) is 0 Å². The van der Waals surface area contributed by atoms with Crippen molar-refractivity contribution >= 4 is 29.5 Å². The van der Waals surface area contributed by atoms with Crippen LogP contribution in [0.1, 0.15) is 32.8 Å². The highest BCUT2D eigenvalue weighted by molar-refractivity contribution is 5.75. The summed E-state index contributed by atoms with van der Waals surface area (Å²) >= 11 is 0. The van der Waals surface area contributed by atoms with Crippen molar-refractivity contribution in [3.8, 4) is 11.3 Å². The Labute approximate surface area is 264 Å². The predicted octanol–water partition coefficient (Wildman–Crippen LogP) is 3.26. The van der Waals surface area contributed by atoms with E-state index in [1.54, 1.807) is 12.4 Å². The van der Waals surface area contributed by atoms with Crippen LogP contribution in [0.25, 0.3) is 11.3 Å². The fourth-order valence-electron chi connectivity index (χ4n) is 4.88. The molecule has 4 N–H and O–H groups in total. The number of ether oxygens (including phenoxy) is 2. The van der Waals surface area contributed by atoms with E-state index in [4.69, 9.17) is 9.47 Å². The molecule has 1 amide bonds. The third-order valence-corrected chi connectivity index (χ3v) is 7.13. The van der Waals surface area contributed by atoms with Gasteiger partial charge in [0.05, 0.1) is 19.4 Å². The van der Waals surface area contributed by atoms with Gasteiger partial charge in [-0.3, -0.25) is 14.6 Å². The highest BCUT2D eigenvalue weighted by Gasteiger charge is 2.29. The first-order chi connectivity index (χ1) is 21.6. The summed E-state index contributed by atoms with van der Waals surface area (Å²) in [5, 5.41) is 18.9. The molecule has 1 unspecified atom stereocenters. The Bertz CT molecular complexity index is 1390. The number of aliphatic hydroxyl groups excluding tert-OH is 1. The number of carbonyl (C=O) groups excluding carboxylic acids is 2. The molecular formula is C32H44N8O5. The molecule has 0 saturated carbocycles. The van der Waals surface area contributed by atoms with Crippen molar-refractivity contribution in [1.82, 2.24) is 30.1 Å². The molecule has 0 aliphatic carbocycles. The zero-order chi connectivity index (χ0) is 32.2. The van der Waals surface area contributed by atoms with Crippen LogP contribution >= 0.6 is 0 Å². The molecule has 1 saturated heterocycles. The summed E-state index contributed by atoms with van der Waals surface area (Å²) in [7, 11) is 1.34. The number of alkyl carbamates (subject to hydrolysis) is 1. The standard InChI is InChI=1S/C32H44N8O5/c1-32(2,3)45-31(43)35-13-6-12-33-28-10-9-24(20-36-28)26-11-14-34-30(38-26)37-25-8-5-7-23(19-25)21-39-15-17-40(18-16-39)27(22-41)29(42)44-4/h5,7-11,14,19-20,27,41H,6,12-13,15-18,21-22H2,1-4H3,(H,33,36)(H,35,43)(H,34,37,38). The van der Waals surface area contributed by atoms with Crippen LogP contribution in [0.5, 0.6) is 0 Å². The minimum absolute atomic E-state index is 0.249. The number of amides is 1. The van der Waals surface area contributed by atoms with Crippen LogP contribution in [0.15, 0.2) is 54.9 Å². The van der Waals surface area contributed by atoms with Crippen molar-refractivity contribution in [3.63, 3.8) is 0 Å². The van der Waals surface area contributed by atoms with Crippen molar-refractivity contribution in [2.45, 2.75) is 45.4 Å². The van der Waals surface area contributed by atoms with Gasteiger partial charge >= 0.3 is 12.1 Å². The van der Waals surface area contributed by atoms with Gasteiger partial charge in [-0.25, -0.2) is 19.7 Å². The van der Waals surface area contributed by atoms with Gasteiger partial charge in [0.15, 0.2) is 0 Å². The highest BCUT2D eigenvalue weighted by Crippen LogP contribution is 2.21. The molecule has 13 nitrogen and oxygen atoms in total. The molecule has 4 rings (SSSR count). The number of piperazine rings is 1. The zero-order valence-electron chi connectivity index (χ0n) is 26.5. The minimum atomic E-state index is -0.614. The van der Waals surface area contributed by atoms with Gasteiger partial charge in [-0.2, -0.15) is 0 Å². The van der Waals surface area contributed by atoms with Crippen molar-refractivity contribution in [2.24, 2.45) is 0 Å². The summed E-state index contributed by atoms with van der Waals surface area (Å²) in [6.45, 7) is 10.1. The second kappa shape index (κ2) is 16.1. The van der Waals surface area contributed by atoms with Crippen LogP contribution in [-0.2, 0) is 20.8 Å². The molecule has 3 aromatic rings. The maximum absolute atomic E-state index is 11.9. The van der Waals surface area contributed by atoms with Crippen molar-refractivity contribution < 1.29 is 24.2 Å². The van der Waals surface area contributed by atoms with E-state index >= 15 is 0 Å². The predicted molar refractivity (Wildman–Crippen MR) is 172 cm³/mol. The fourth-order valence-corrected chi connectivity index (χ4v) is 4.88. The fraction of sp³-hybridized carbons (Fsp3) is 0.469. The molecule has 3 heterocycles. The number of rotatable bonds is 13. The molecule has 1 fully saturated rings. The number of nitrogens with zero attached hydrogens (tertiary/aromatic N) is 5. The van der Waals surface area contributed by atoms with E-state index in [0.29, 0.717) is 32.1 Å². The van der Waals surface area contributed by atoms with Gasteiger partial charge in [0.2, 0.25) is 5.95 Å². The van der Waals surface area contributed by atoms with Gasteiger partial charge in [-0.15, -0.1) is 0 Å².